The highest BCUT2D eigenvalue weighted by atomic mass is 19.1. The minimum Gasteiger partial charge on any atom is -0.497 e. The Morgan fingerprint density at radius 2 is 1.76 bits per heavy atom. The van der Waals surface area contributed by atoms with Gasteiger partial charge in [0.15, 0.2) is 0 Å². The lowest BCUT2D eigenvalue weighted by Gasteiger charge is -2.18. The van der Waals surface area contributed by atoms with Crippen molar-refractivity contribution in [1.29, 1.82) is 0 Å². The number of halogens is 1. The van der Waals surface area contributed by atoms with Gasteiger partial charge in [0.1, 0.15) is 11.6 Å². The Kier molecular flexibility index (Phi) is 6.51. The molecule has 0 saturated carbocycles. The molecule has 0 spiro atoms. The van der Waals surface area contributed by atoms with Crippen LogP contribution in [0.15, 0.2) is 48.5 Å². The zero-order valence-corrected chi connectivity index (χ0v) is 13.9. The smallest absolute Gasteiger partial charge is 0.305 e. The number of hydrogen-bond acceptors (Lipinski definition) is 3. The normalized spacial score (nSPS) is 11.6. The molecular formula is C19H20FNO4. The molecule has 132 valence electrons. The Labute approximate surface area is 145 Å². The molecule has 1 unspecified atom stereocenters. The summed E-state index contributed by atoms with van der Waals surface area (Å²) in [6.45, 7) is 0. The second-order valence-corrected chi connectivity index (χ2v) is 5.62. The van der Waals surface area contributed by atoms with Gasteiger partial charge >= 0.3 is 5.97 Å². The first-order valence-corrected chi connectivity index (χ1v) is 7.87. The van der Waals surface area contributed by atoms with Crippen LogP contribution in [-0.4, -0.2) is 24.1 Å². The van der Waals surface area contributed by atoms with Crippen molar-refractivity contribution in [2.45, 2.75) is 25.3 Å². The summed E-state index contributed by atoms with van der Waals surface area (Å²) in [7, 11) is 1.54. The van der Waals surface area contributed by atoms with Crippen LogP contribution in [0.1, 0.15) is 30.0 Å². The zero-order chi connectivity index (χ0) is 18.2. The Balaban J connectivity index is 1.98. The maximum absolute atomic E-state index is 12.9. The van der Waals surface area contributed by atoms with E-state index in [-0.39, 0.29) is 24.6 Å². The summed E-state index contributed by atoms with van der Waals surface area (Å²) in [5, 5.41) is 11.8. The number of hydrogen-bond donors (Lipinski definition) is 2. The van der Waals surface area contributed by atoms with E-state index in [0.29, 0.717) is 17.7 Å². The molecule has 0 aliphatic rings. The number of methoxy groups -OCH3 is 1. The fourth-order valence-electron chi connectivity index (χ4n) is 2.44. The minimum absolute atomic E-state index is 0.192. The first-order valence-electron chi connectivity index (χ1n) is 7.87. The Morgan fingerprint density at radius 1 is 1.12 bits per heavy atom. The number of carbonyl (C=O) groups is 2. The van der Waals surface area contributed by atoms with E-state index >= 15 is 0 Å². The molecule has 2 N–H and O–H groups in total. The molecule has 0 radical (unpaired) electrons. The maximum atomic E-state index is 12.9. The highest BCUT2D eigenvalue weighted by molar-refractivity contribution is 5.78. The second-order valence-electron chi connectivity index (χ2n) is 5.62. The molecule has 1 atom stereocenters. The second kappa shape index (κ2) is 8.82. The summed E-state index contributed by atoms with van der Waals surface area (Å²) in [4.78, 5) is 23.3. The molecule has 2 aromatic rings. The molecule has 0 bridgehead atoms. The molecule has 6 heteroatoms. The van der Waals surface area contributed by atoms with Crippen LogP contribution in [0.3, 0.4) is 0 Å². The van der Waals surface area contributed by atoms with Crippen molar-refractivity contribution in [2.24, 2.45) is 0 Å². The Morgan fingerprint density at radius 3 is 2.32 bits per heavy atom. The van der Waals surface area contributed by atoms with Gasteiger partial charge in [-0.1, -0.05) is 24.3 Å². The maximum Gasteiger partial charge on any atom is 0.305 e. The third-order valence-electron chi connectivity index (χ3n) is 3.79. The lowest BCUT2D eigenvalue weighted by Crippen LogP contribution is -2.30. The molecule has 0 saturated heterocycles. The number of ether oxygens (including phenoxy) is 1. The van der Waals surface area contributed by atoms with E-state index in [1.807, 2.05) is 0 Å². The average molecular weight is 345 g/mol. The highest BCUT2D eigenvalue weighted by Gasteiger charge is 2.18. The van der Waals surface area contributed by atoms with Crippen LogP contribution >= 0.6 is 0 Å². The quantitative estimate of drug-likeness (QED) is 0.771. The monoisotopic (exact) mass is 345 g/mol. The number of carboxylic acids is 1. The van der Waals surface area contributed by atoms with Gasteiger partial charge in [0, 0.05) is 6.42 Å². The fourth-order valence-corrected chi connectivity index (χ4v) is 2.44. The van der Waals surface area contributed by atoms with E-state index in [1.165, 1.54) is 12.1 Å². The molecule has 2 rings (SSSR count). The first-order chi connectivity index (χ1) is 12.0. The third-order valence-corrected chi connectivity index (χ3v) is 3.79. The van der Waals surface area contributed by atoms with E-state index in [2.05, 4.69) is 5.32 Å². The van der Waals surface area contributed by atoms with E-state index in [0.717, 1.165) is 5.56 Å². The van der Waals surface area contributed by atoms with Gasteiger partial charge in [-0.05, 0) is 41.8 Å². The van der Waals surface area contributed by atoms with Crippen molar-refractivity contribution in [1.82, 2.24) is 5.32 Å². The molecule has 25 heavy (non-hydrogen) atoms. The van der Waals surface area contributed by atoms with Crippen LogP contribution in [0.5, 0.6) is 5.75 Å². The van der Waals surface area contributed by atoms with Crippen LogP contribution < -0.4 is 10.1 Å². The summed E-state index contributed by atoms with van der Waals surface area (Å²) >= 11 is 0. The molecule has 0 aliphatic carbocycles. The van der Waals surface area contributed by atoms with Gasteiger partial charge in [-0.25, -0.2) is 4.39 Å². The standard InChI is InChI=1S/C19H20FNO4/c1-25-16-9-5-14(6-10-16)17(12-19(23)24)21-18(22)11-4-13-2-7-15(20)8-3-13/h2-3,5-10,17H,4,11-12H2,1H3,(H,21,22)(H,23,24). The lowest BCUT2D eigenvalue weighted by molar-refractivity contribution is -0.137. The minimum atomic E-state index is -1.00. The highest BCUT2D eigenvalue weighted by Crippen LogP contribution is 2.20. The summed E-state index contributed by atoms with van der Waals surface area (Å²) in [6, 6.07) is 12.2. The van der Waals surface area contributed by atoms with Gasteiger partial charge in [0.2, 0.25) is 5.91 Å². The SMILES string of the molecule is COc1ccc(C(CC(=O)O)NC(=O)CCc2ccc(F)cc2)cc1. The summed E-state index contributed by atoms with van der Waals surface area (Å²) < 4.78 is 18.0. The number of rotatable bonds is 8. The van der Waals surface area contributed by atoms with Crippen LogP contribution in [0.25, 0.3) is 0 Å². The van der Waals surface area contributed by atoms with Crippen molar-refractivity contribution in [3.8, 4) is 5.75 Å². The van der Waals surface area contributed by atoms with Crippen LogP contribution in [-0.2, 0) is 16.0 Å². The van der Waals surface area contributed by atoms with E-state index in [4.69, 9.17) is 9.84 Å². The molecule has 0 heterocycles. The molecule has 1 amide bonds. The van der Waals surface area contributed by atoms with Gasteiger partial charge in [-0.2, -0.15) is 0 Å². The Bertz CT molecular complexity index is 713. The molecule has 0 aliphatic heterocycles. The molecular weight excluding hydrogens is 325 g/mol. The molecule has 0 fully saturated rings. The summed E-state index contributed by atoms with van der Waals surface area (Å²) in [5.74, 6) is -0.930. The average Bonchev–Trinajstić information content (AvgIpc) is 2.60. The van der Waals surface area contributed by atoms with Crippen LogP contribution in [0.2, 0.25) is 0 Å². The topological polar surface area (TPSA) is 75.6 Å². The zero-order valence-electron chi connectivity index (χ0n) is 13.9. The van der Waals surface area contributed by atoms with E-state index in [1.54, 1.807) is 43.5 Å². The van der Waals surface area contributed by atoms with Crippen molar-refractivity contribution in [2.75, 3.05) is 7.11 Å². The van der Waals surface area contributed by atoms with Crippen LogP contribution in [0.4, 0.5) is 4.39 Å². The van der Waals surface area contributed by atoms with Crippen molar-refractivity contribution >= 4 is 11.9 Å². The van der Waals surface area contributed by atoms with Crippen molar-refractivity contribution in [3.63, 3.8) is 0 Å². The van der Waals surface area contributed by atoms with Gasteiger partial charge in [-0.15, -0.1) is 0 Å². The number of nitrogens with one attached hydrogen (secondary N) is 1. The van der Waals surface area contributed by atoms with Crippen molar-refractivity contribution < 1.29 is 23.8 Å². The number of aryl methyl sites for hydroxylation is 1. The largest absolute Gasteiger partial charge is 0.497 e. The van der Waals surface area contributed by atoms with E-state index < -0.39 is 12.0 Å². The third kappa shape index (κ3) is 5.91. The molecule has 0 aromatic heterocycles. The van der Waals surface area contributed by atoms with Gasteiger partial charge in [-0.3, -0.25) is 9.59 Å². The lowest BCUT2D eigenvalue weighted by atomic mass is 10.0. The molecule has 5 nitrogen and oxygen atoms in total. The predicted octanol–water partition coefficient (Wildman–Crippen LogP) is 3.10. The van der Waals surface area contributed by atoms with Crippen LogP contribution in [0, 0.1) is 5.82 Å². The predicted molar refractivity (Wildman–Crippen MR) is 90.9 cm³/mol. The van der Waals surface area contributed by atoms with Crippen molar-refractivity contribution in [3.05, 3.63) is 65.5 Å². The molecule has 2 aromatic carbocycles. The van der Waals surface area contributed by atoms with E-state index in [9.17, 15) is 14.0 Å². The fraction of sp³-hybridized carbons (Fsp3) is 0.263. The van der Waals surface area contributed by atoms with Gasteiger partial charge in [0.25, 0.3) is 0 Å². The van der Waals surface area contributed by atoms with Gasteiger partial charge in [0.05, 0.1) is 19.6 Å². The summed E-state index contributed by atoms with van der Waals surface area (Å²) in [6.07, 6.45) is 0.432. The van der Waals surface area contributed by atoms with Gasteiger partial charge < -0.3 is 15.2 Å². The Hall–Kier alpha value is -2.89. The number of carbonyl (C=O) groups excluding carboxylic acids is 1. The number of aliphatic carboxylic acids is 1. The summed E-state index contributed by atoms with van der Waals surface area (Å²) in [5.41, 5.74) is 1.54. The number of benzene rings is 2. The number of amides is 1. The number of carboxylic acid groups (broad SMARTS) is 1. The first kappa shape index (κ1) is 18.4.